The molecule has 1 rings (SSSR count). The highest BCUT2D eigenvalue weighted by molar-refractivity contribution is 5.91. The first kappa shape index (κ1) is 14.7. The fourth-order valence-corrected chi connectivity index (χ4v) is 2.08. The Hall–Kier alpha value is -1.35. The Kier molecular flexibility index (Phi) is 4.91. The number of anilines is 1. The summed E-state index contributed by atoms with van der Waals surface area (Å²) in [7, 11) is 1.66. The molecular weight excluding hydrogens is 226 g/mol. The minimum absolute atomic E-state index is 0.00231. The molecule has 0 bridgehead atoms. The van der Waals surface area contributed by atoms with Gasteiger partial charge in [0, 0.05) is 30.7 Å². The zero-order chi connectivity index (χ0) is 13.8. The van der Waals surface area contributed by atoms with E-state index in [4.69, 9.17) is 10.5 Å². The molecule has 0 aliphatic carbocycles. The van der Waals surface area contributed by atoms with E-state index < -0.39 is 5.41 Å². The van der Waals surface area contributed by atoms with Crippen molar-refractivity contribution in [3.8, 4) is 0 Å². The van der Waals surface area contributed by atoms with Crippen LogP contribution in [0.2, 0.25) is 0 Å². The molecule has 2 N–H and O–H groups in total. The van der Waals surface area contributed by atoms with Gasteiger partial charge in [-0.1, -0.05) is 19.1 Å². The first-order valence-electron chi connectivity index (χ1n) is 6.29. The minimum Gasteiger partial charge on any atom is -0.399 e. The normalized spacial score (nSPS) is 13.3. The van der Waals surface area contributed by atoms with E-state index >= 15 is 0 Å². The number of hydrogen-bond donors (Lipinski definition) is 1. The zero-order valence-electron chi connectivity index (χ0n) is 11.7. The molecule has 0 aliphatic rings. The lowest BCUT2D eigenvalue weighted by atomic mass is 9.75. The fraction of sp³-hybridized carbons (Fsp3) is 0.533. The van der Waals surface area contributed by atoms with Crippen LogP contribution in [0.4, 0.5) is 5.69 Å². The molecule has 0 aliphatic heterocycles. The van der Waals surface area contributed by atoms with Gasteiger partial charge in [-0.2, -0.15) is 0 Å². The van der Waals surface area contributed by atoms with Crippen molar-refractivity contribution in [2.45, 2.75) is 32.6 Å². The van der Waals surface area contributed by atoms with Gasteiger partial charge in [0.1, 0.15) is 5.78 Å². The molecule has 1 atom stereocenters. The van der Waals surface area contributed by atoms with Crippen LogP contribution in [0.15, 0.2) is 24.3 Å². The van der Waals surface area contributed by atoms with Crippen molar-refractivity contribution < 1.29 is 9.53 Å². The molecule has 100 valence electrons. The number of carbonyl (C=O) groups is 1. The molecule has 0 fully saturated rings. The average molecular weight is 249 g/mol. The second-order valence-corrected chi connectivity index (χ2v) is 5.29. The van der Waals surface area contributed by atoms with Crippen molar-refractivity contribution >= 4 is 11.5 Å². The molecule has 0 heterocycles. The summed E-state index contributed by atoms with van der Waals surface area (Å²) in [6.07, 6.45) is 0.758. The molecule has 0 radical (unpaired) electrons. The lowest BCUT2D eigenvalue weighted by Crippen LogP contribution is -2.34. The number of nitrogen functional groups attached to an aromatic ring is 1. The van der Waals surface area contributed by atoms with Gasteiger partial charge in [0.25, 0.3) is 0 Å². The predicted octanol–water partition coefficient (Wildman–Crippen LogP) is 2.79. The molecule has 1 unspecified atom stereocenters. The second-order valence-electron chi connectivity index (χ2n) is 5.29. The number of benzene rings is 1. The van der Waals surface area contributed by atoms with Crippen LogP contribution in [0.5, 0.6) is 0 Å². The SMILES string of the molecule is COCCC(C)C(=O)C(C)(C)c1ccc(N)cc1. The topological polar surface area (TPSA) is 52.3 Å². The molecule has 0 saturated carbocycles. The lowest BCUT2D eigenvalue weighted by molar-refractivity contribution is -0.127. The van der Waals surface area contributed by atoms with Crippen LogP contribution in [-0.2, 0) is 14.9 Å². The summed E-state index contributed by atoms with van der Waals surface area (Å²) < 4.78 is 5.03. The molecule has 1 aromatic carbocycles. The van der Waals surface area contributed by atoms with Gasteiger partial charge in [-0.3, -0.25) is 4.79 Å². The quantitative estimate of drug-likeness (QED) is 0.789. The van der Waals surface area contributed by atoms with Crippen molar-refractivity contribution in [2.75, 3.05) is 19.5 Å². The van der Waals surface area contributed by atoms with E-state index in [1.807, 2.05) is 45.0 Å². The number of ketones is 1. The van der Waals surface area contributed by atoms with Gasteiger partial charge < -0.3 is 10.5 Å². The van der Waals surface area contributed by atoms with Crippen LogP contribution >= 0.6 is 0 Å². The van der Waals surface area contributed by atoms with Crippen molar-refractivity contribution in [1.29, 1.82) is 0 Å². The molecule has 1 aromatic rings. The van der Waals surface area contributed by atoms with E-state index in [1.165, 1.54) is 0 Å². The summed E-state index contributed by atoms with van der Waals surface area (Å²) in [5, 5.41) is 0. The minimum atomic E-state index is -0.485. The van der Waals surface area contributed by atoms with Crippen LogP contribution in [0.3, 0.4) is 0 Å². The summed E-state index contributed by atoms with van der Waals surface area (Å²) in [5.41, 5.74) is 6.91. The molecule has 3 nitrogen and oxygen atoms in total. The highest BCUT2D eigenvalue weighted by atomic mass is 16.5. The van der Waals surface area contributed by atoms with Gasteiger partial charge in [0.05, 0.1) is 0 Å². The smallest absolute Gasteiger partial charge is 0.145 e. The van der Waals surface area contributed by atoms with Crippen molar-refractivity contribution in [3.63, 3.8) is 0 Å². The number of carbonyl (C=O) groups excluding carboxylic acids is 1. The average Bonchev–Trinajstić information content (AvgIpc) is 2.35. The van der Waals surface area contributed by atoms with Gasteiger partial charge in [0.2, 0.25) is 0 Å². The van der Waals surface area contributed by atoms with E-state index in [-0.39, 0.29) is 11.7 Å². The van der Waals surface area contributed by atoms with E-state index in [2.05, 4.69) is 0 Å². The maximum absolute atomic E-state index is 12.5. The molecule has 0 spiro atoms. The number of ether oxygens (including phenoxy) is 1. The third-order valence-corrected chi connectivity index (χ3v) is 3.45. The largest absolute Gasteiger partial charge is 0.399 e. The molecule has 18 heavy (non-hydrogen) atoms. The summed E-state index contributed by atoms with van der Waals surface area (Å²) in [5.74, 6) is 0.238. The number of rotatable bonds is 6. The molecule has 3 heteroatoms. The molecule has 0 saturated heterocycles. The van der Waals surface area contributed by atoms with Crippen LogP contribution in [0, 0.1) is 5.92 Å². The van der Waals surface area contributed by atoms with Gasteiger partial charge in [-0.05, 0) is 38.0 Å². The van der Waals surface area contributed by atoms with Crippen LogP contribution < -0.4 is 5.73 Å². The Balaban J connectivity index is 2.84. The van der Waals surface area contributed by atoms with Gasteiger partial charge >= 0.3 is 0 Å². The Morgan fingerprint density at radius 1 is 1.33 bits per heavy atom. The van der Waals surface area contributed by atoms with Gasteiger partial charge in [-0.25, -0.2) is 0 Å². The fourth-order valence-electron chi connectivity index (χ4n) is 2.08. The second kappa shape index (κ2) is 6.01. The zero-order valence-corrected chi connectivity index (χ0v) is 11.7. The van der Waals surface area contributed by atoms with Crippen LogP contribution in [-0.4, -0.2) is 19.5 Å². The number of Topliss-reactive ketones (excluding diaryl/α,β-unsaturated/α-hetero) is 1. The van der Waals surface area contributed by atoms with Crippen LogP contribution in [0.1, 0.15) is 32.8 Å². The van der Waals surface area contributed by atoms with E-state index in [0.29, 0.717) is 6.61 Å². The third kappa shape index (κ3) is 3.33. The first-order valence-corrected chi connectivity index (χ1v) is 6.29. The molecular formula is C15H23NO2. The Labute approximate surface area is 109 Å². The standard InChI is InChI=1S/C15H23NO2/c1-11(9-10-18-4)14(17)15(2,3)12-5-7-13(16)8-6-12/h5-8,11H,9-10,16H2,1-4H3. The first-order chi connectivity index (χ1) is 8.39. The molecule has 0 amide bonds. The highest BCUT2D eigenvalue weighted by Gasteiger charge is 2.32. The van der Waals surface area contributed by atoms with Crippen molar-refractivity contribution in [3.05, 3.63) is 29.8 Å². The number of nitrogens with two attached hydrogens (primary N) is 1. The van der Waals surface area contributed by atoms with Gasteiger partial charge in [0.15, 0.2) is 0 Å². The monoisotopic (exact) mass is 249 g/mol. The maximum atomic E-state index is 12.5. The molecule has 0 aromatic heterocycles. The van der Waals surface area contributed by atoms with E-state index in [0.717, 1.165) is 17.7 Å². The van der Waals surface area contributed by atoms with Crippen molar-refractivity contribution in [1.82, 2.24) is 0 Å². The predicted molar refractivity (Wildman–Crippen MR) is 74.5 cm³/mol. The number of hydrogen-bond acceptors (Lipinski definition) is 3. The summed E-state index contributed by atoms with van der Waals surface area (Å²) in [6, 6.07) is 7.53. The Morgan fingerprint density at radius 2 is 1.89 bits per heavy atom. The highest BCUT2D eigenvalue weighted by Crippen LogP contribution is 2.29. The van der Waals surface area contributed by atoms with Crippen molar-refractivity contribution in [2.24, 2.45) is 5.92 Å². The summed E-state index contributed by atoms with van der Waals surface area (Å²) in [4.78, 5) is 12.5. The summed E-state index contributed by atoms with van der Waals surface area (Å²) >= 11 is 0. The van der Waals surface area contributed by atoms with Crippen LogP contribution in [0.25, 0.3) is 0 Å². The van der Waals surface area contributed by atoms with Gasteiger partial charge in [-0.15, -0.1) is 0 Å². The van der Waals surface area contributed by atoms with E-state index in [1.54, 1.807) is 7.11 Å². The Morgan fingerprint density at radius 3 is 2.39 bits per heavy atom. The maximum Gasteiger partial charge on any atom is 0.145 e. The summed E-state index contributed by atoms with van der Waals surface area (Å²) in [6.45, 7) is 6.50. The van der Waals surface area contributed by atoms with E-state index in [9.17, 15) is 4.79 Å². The third-order valence-electron chi connectivity index (χ3n) is 3.45. The lowest BCUT2D eigenvalue weighted by Gasteiger charge is -2.27. The Bertz CT molecular complexity index is 395. The number of methoxy groups -OCH3 is 1.